The van der Waals surface area contributed by atoms with Crippen molar-refractivity contribution in [2.45, 2.75) is 43.8 Å². The first kappa shape index (κ1) is 23.1. The first-order valence-electron chi connectivity index (χ1n) is 11.4. The van der Waals surface area contributed by atoms with Gasteiger partial charge in [-0.3, -0.25) is 9.20 Å². The number of nitriles is 1. The molecule has 2 aliphatic rings. The second-order valence-corrected chi connectivity index (χ2v) is 8.77. The van der Waals surface area contributed by atoms with Gasteiger partial charge in [-0.05, 0) is 55.5 Å². The number of nitrogens with one attached hydrogen (secondary N) is 1. The molecule has 35 heavy (non-hydrogen) atoms. The van der Waals surface area contributed by atoms with E-state index in [1.807, 2.05) is 12.1 Å². The summed E-state index contributed by atoms with van der Waals surface area (Å²) in [5.74, 6) is -0.675. The molecular weight excluding hydrogens is 458 g/mol. The maximum atomic E-state index is 13.2. The molecule has 0 atom stereocenters. The van der Waals surface area contributed by atoms with E-state index in [1.54, 1.807) is 22.9 Å². The maximum absolute atomic E-state index is 13.2. The summed E-state index contributed by atoms with van der Waals surface area (Å²) in [6.07, 6.45) is 6.30. The van der Waals surface area contributed by atoms with Crippen LogP contribution in [0.4, 0.5) is 8.78 Å². The average molecular weight is 482 g/mol. The number of fused-ring (bicyclic) bond motifs is 1. The number of pyridine rings is 1. The van der Waals surface area contributed by atoms with Crippen molar-refractivity contribution in [3.05, 3.63) is 47.8 Å². The van der Waals surface area contributed by atoms with Crippen LogP contribution >= 0.6 is 0 Å². The summed E-state index contributed by atoms with van der Waals surface area (Å²) in [7, 11) is 1.37. The van der Waals surface area contributed by atoms with E-state index in [1.165, 1.54) is 13.2 Å². The molecule has 8 nitrogen and oxygen atoms in total. The molecule has 0 bridgehead atoms. The molecule has 1 amide bonds. The molecule has 182 valence electrons. The Balaban J connectivity index is 1.57. The number of methoxy groups -OCH3 is 1. The summed E-state index contributed by atoms with van der Waals surface area (Å²) in [5.41, 5.74) is 1.83. The zero-order chi connectivity index (χ0) is 24.6. The van der Waals surface area contributed by atoms with Crippen LogP contribution in [0.15, 0.2) is 36.7 Å². The Labute approximate surface area is 200 Å². The van der Waals surface area contributed by atoms with Gasteiger partial charge < -0.3 is 19.5 Å². The number of amides is 1. The van der Waals surface area contributed by atoms with Crippen molar-refractivity contribution in [2.24, 2.45) is 0 Å². The normalized spacial score (nSPS) is 17.2. The van der Waals surface area contributed by atoms with Crippen LogP contribution in [0.1, 0.15) is 41.6 Å². The summed E-state index contributed by atoms with van der Waals surface area (Å²) < 4.78 is 43.9. The highest BCUT2D eigenvalue weighted by molar-refractivity contribution is 6.01. The van der Waals surface area contributed by atoms with Crippen LogP contribution in [-0.4, -0.2) is 48.3 Å². The predicted molar refractivity (Wildman–Crippen MR) is 122 cm³/mol. The molecule has 1 N–H and O–H groups in total. The fourth-order valence-corrected chi connectivity index (χ4v) is 4.47. The Morgan fingerprint density at radius 2 is 2.03 bits per heavy atom. The molecule has 0 unspecified atom stereocenters. The minimum absolute atomic E-state index is 0.0340. The number of alkyl halides is 2. The average Bonchev–Trinajstić information content (AvgIpc) is 3.57. The van der Waals surface area contributed by atoms with Crippen molar-refractivity contribution in [2.75, 3.05) is 20.3 Å². The van der Waals surface area contributed by atoms with E-state index in [2.05, 4.69) is 16.4 Å². The van der Waals surface area contributed by atoms with Crippen LogP contribution in [-0.2, 0) is 10.2 Å². The molecule has 2 aromatic heterocycles. The van der Waals surface area contributed by atoms with Gasteiger partial charge in [0.15, 0.2) is 0 Å². The molecule has 1 aliphatic carbocycles. The van der Waals surface area contributed by atoms with E-state index in [0.717, 1.165) is 18.4 Å². The molecule has 5 rings (SSSR count). The van der Waals surface area contributed by atoms with Gasteiger partial charge in [-0.15, -0.1) is 0 Å². The fraction of sp³-hybridized carbons (Fsp3) is 0.400. The molecule has 3 aromatic rings. The lowest BCUT2D eigenvalue weighted by Gasteiger charge is -2.31. The zero-order valence-electron chi connectivity index (χ0n) is 19.1. The maximum Gasteiger partial charge on any atom is 0.387 e. The quantitative estimate of drug-likeness (QED) is 0.545. The van der Waals surface area contributed by atoms with Crippen molar-refractivity contribution in [1.82, 2.24) is 14.7 Å². The van der Waals surface area contributed by atoms with Crippen LogP contribution < -0.4 is 14.8 Å². The Morgan fingerprint density at radius 3 is 2.69 bits per heavy atom. The number of benzene rings is 1. The van der Waals surface area contributed by atoms with Gasteiger partial charge in [-0.2, -0.15) is 14.0 Å². The van der Waals surface area contributed by atoms with Crippen LogP contribution in [0.25, 0.3) is 16.9 Å². The molecular formula is C25H24F2N4O4. The monoisotopic (exact) mass is 482 g/mol. The highest BCUT2D eigenvalue weighted by Crippen LogP contribution is 2.38. The predicted octanol–water partition coefficient (Wildman–Crippen LogP) is 4.08. The van der Waals surface area contributed by atoms with Gasteiger partial charge in [0.25, 0.3) is 5.91 Å². The van der Waals surface area contributed by atoms with E-state index in [0.29, 0.717) is 43.0 Å². The third-order valence-corrected chi connectivity index (χ3v) is 6.56. The van der Waals surface area contributed by atoms with Crippen molar-refractivity contribution in [3.8, 4) is 28.8 Å². The number of nitrogens with zero attached hydrogens (tertiary/aromatic N) is 3. The largest absolute Gasteiger partial charge is 0.496 e. The van der Waals surface area contributed by atoms with Crippen molar-refractivity contribution >= 4 is 11.6 Å². The lowest BCUT2D eigenvalue weighted by atomic mass is 9.76. The third kappa shape index (κ3) is 4.39. The number of carbonyl (C=O) groups excluding carboxylic acids is 1. The van der Waals surface area contributed by atoms with Crippen LogP contribution in [0, 0.1) is 11.3 Å². The van der Waals surface area contributed by atoms with Gasteiger partial charge in [-0.1, -0.05) is 0 Å². The highest BCUT2D eigenvalue weighted by atomic mass is 19.3. The van der Waals surface area contributed by atoms with Gasteiger partial charge in [0.2, 0.25) is 0 Å². The standard InChI is InChI=1S/C25H24F2N4O4/c1-33-19-10-15(11-20(35-24(26)27)22(19)23(32)30-17-2-3-17)18-13-29-21-12-16(4-7-31(18)21)25(14-28)5-8-34-9-6-25/h4,7,10-13,17,24H,2-3,5-6,8-9H2,1H3,(H,30,32). The highest BCUT2D eigenvalue weighted by Gasteiger charge is 2.35. The van der Waals surface area contributed by atoms with Crippen LogP contribution in [0.2, 0.25) is 0 Å². The molecule has 3 heterocycles. The van der Waals surface area contributed by atoms with Gasteiger partial charge in [0.1, 0.15) is 22.7 Å². The Morgan fingerprint density at radius 1 is 1.29 bits per heavy atom. The molecule has 1 aliphatic heterocycles. The van der Waals surface area contributed by atoms with Crippen LogP contribution in [0.3, 0.4) is 0 Å². The summed E-state index contributed by atoms with van der Waals surface area (Å²) in [6, 6.07) is 9.22. The summed E-state index contributed by atoms with van der Waals surface area (Å²) >= 11 is 0. The Kier molecular flexibility index (Phi) is 6.03. The number of carbonyl (C=O) groups is 1. The van der Waals surface area contributed by atoms with Gasteiger partial charge in [-0.25, -0.2) is 4.98 Å². The summed E-state index contributed by atoms with van der Waals surface area (Å²) in [4.78, 5) is 17.2. The van der Waals surface area contributed by atoms with E-state index in [4.69, 9.17) is 14.2 Å². The zero-order valence-corrected chi connectivity index (χ0v) is 19.1. The number of ether oxygens (including phenoxy) is 3. The number of rotatable bonds is 7. The second kappa shape index (κ2) is 9.15. The number of hydrogen-bond acceptors (Lipinski definition) is 6. The van der Waals surface area contributed by atoms with Crippen LogP contribution in [0.5, 0.6) is 11.5 Å². The van der Waals surface area contributed by atoms with E-state index in [9.17, 15) is 18.8 Å². The number of aromatic nitrogens is 2. The van der Waals surface area contributed by atoms with Crippen molar-refractivity contribution < 1.29 is 27.8 Å². The van der Waals surface area contributed by atoms with E-state index in [-0.39, 0.29) is 23.1 Å². The number of hydrogen-bond donors (Lipinski definition) is 1. The summed E-state index contributed by atoms with van der Waals surface area (Å²) in [6.45, 7) is -2.08. The topological polar surface area (TPSA) is 97.9 Å². The minimum Gasteiger partial charge on any atom is -0.496 e. The number of halogens is 2. The SMILES string of the molecule is COc1cc(-c2cnc3cc(C4(C#N)CCOCC4)ccn23)cc(OC(F)F)c1C(=O)NC1CC1. The lowest BCUT2D eigenvalue weighted by Crippen LogP contribution is -2.32. The molecule has 1 saturated heterocycles. The third-order valence-electron chi connectivity index (χ3n) is 6.56. The van der Waals surface area contributed by atoms with Gasteiger partial charge in [0.05, 0.1) is 30.5 Å². The minimum atomic E-state index is -3.12. The number of imidazole rings is 1. The molecule has 0 radical (unpaired) electrons. The van der Waals surface area contributed by atoms with Gasteiger partial charge in [0, 0.05) is 31.0 Å². The Bertz CT molecular complexity index is 1310. The molecule has 1 aromatic carbocycles. The van der Waals surface area contributed by atoms with Crippen molar-refractivity contribution in [3.63, 3.8) is 0 Å². The summed E-state index contributed by atoms with van der Waals surface area (Å²) in [5, 5.41) is 12.7. The molecule has 2 fully saturated rings. The first-order chi connectivity index (χ1) is 16.9. The van der Waals surface area contributed by atoms with E-state index < -0.39 is 17.9 Å². The lowest BCUT2D eigenvalue weighted by molar-refractivity contribution is -0.0502. The molecule has 10 heteroatoms. The van der Waals surface area contributed by atoms with E-state index >= 15 is 0 Å². The Hall–Kier alpha value is -3.71. The van der Waals surface area contributed by atoms with Crippen molar-refractivity contribution in [1.29, 1.82) is 5.26 Å². The first-order valence-corrected chi connectivity index (χ1v) is 11.4. The smallest absolute Gasteiger partial charge is 0.387 e. The molecule has 0 spiro atoms. The second-order valence-electron chi connectivity index (χ2n) is 8.77. The van der Waals surface area contributed by atoms with Gasteiger partial charge >= 0.3 is 6.61 Å². The molecule has 1 saturated carbocycles. The fourth-order valence-electron chi connectivity index (χ4n) is 4.47.